The number of nitriles is 1. The zero-order valence-corrected chi connectivity index (χ0v) is 12.9. The minimum atomic E-state index is -4.53. The molecule has 0 unspecified atom stereocenters. The van der Waals surface area contributed by atoms with Gasteiger partial charge in [-0.25, -0.2) is 4.98 Å². The highest BCUT2D eigenvalue weighted by Crippen LogP contribution is 2.27. The number of anilines is 1. The molecule has 2 aromatic heterocycles. The first-order chi connectivity index (χ1) is 11.8. The lowest BCUT2D eigenvalue weighted by Crippen LogP contribution is -2.23. The van der Waals surface area contributed by atoms with Crippen molar-refractivity contribution in [2.75, 3.05) is 5.32 Å². The number of carbonyl (C=O) groups is 1. The Hall–Kier alpha value is -3.35. The quantitative estimate of drug-likeness (QED) is 0.787. The van der Waals surface area contributed by atoms with Crippen molar-refractivity contribution in [3.63, 3.8) is 0 Å². The standard InChI is InChI=1S/C15H11F3N6O/c1-23-11(4-5-20-23)13(25)22-14-21-10-3-2-9(7-19)6-12(10)24(14)8-15(16,17)18/h2-6H,8H2,1H3,(H,21,22,25). The lowest BCUT2D eigenvalue weighted by atomic mass is 10.2. The van der Waals surface area contributed by atoms with Crippen LogP contribution in [0, 0.1) is 11.3 Å². The summed E-state index contributed by atoms with van der Waals surface area (Å²) in [5.41, 5.74) is 0.712. The van der Waals surface area contributed by atoms with Gasteiger partial charge in [-0.1, -0.05) is 0 Å². The first-order valence-corrected chi connectivity index (χ1v) is 7.05. The Kier molecular flexibility index (Phi) is 3.92. The number of amides is 1. The van der Waals surface area contributed by atoms with Crippen LogP contribution < -0.4 is 5.32 Å². The largest absolute Gasteiger partial charge is 0.406 e. The van der Waals surface area contributed by atoms with Crippen LogP contribution in [0.2, 0.25) is 0 Å². The van der Waals surface area contributed by atoms with Gasteiger partial charge < -0.3 is 4.57 Å². The third kappa shape index (κ3) is 3.30. The van der Waals surface area contributed by atoms with Gasteiger partial charge in [0.25, 0.3) is 5.91 Å². The summed E-state index contributed by atoms with van der Waals surface area (Å²) in [5.74, 6) is -0.896. The van der Waals surface area contributed by atoms with Crippen LogP contribution in [0.25, 0.3) is 11.0 Å². The van der Waals surface area contributed by atoms with Gasteiger partial charge in [0.05, 0.1) is 22.7 Å². The van der Waals surface area contributed by atoms with Crippen LogP contribution >= 0.6 is 0 Å². The molecule has 1 amide bonds. The van der Waals surface area contributed by atoms with E-state index in [4.69, 9.17) is 5.26 Å². The van der Waals surface area contributed by atoms with Crippen molar-refractivity contribution in [2.45, 2.75) is 12.7 Å². The maximum Gasteiger partial charge on any atom is 0.406 e. The Labute approximate surface area is 139 Å². The van der Waals surface area contributed by atoms with Crippen molar-refractivity contribution in [2.24, 2.45) is 7.05 Å². The lowest BCUT2D eigenvalue weighted by molar-refractivity contribution is -0.139. The number of rotatable bonds is 3. The molecule has 0 saturated carbocycles. The van der Waals surface area contributed by atoms with Crippen LogP contribution in [0.3, 0.4) is 0 Å². The number of fused-ring (bicyclic) bond motifs is 1. The van der Waals surface area contributed by atoms with Crippen LogP contribution in [-0.2, 0) is 13.6 Å². The normalized spacial score (nSPS) is 11.5. The third-order valence-corrected chi connectivity index (χ3v) is 3.49. The second-order valence-electron chi connectivity index (χ2n) is 5.25. The van der Waals surface area contributed by atoms with E-state index in [9.17, 15) is 18.0 Å². The molecule has 0 aliphatic heterocycles. The van der Waals surface area contributed by atoms with Gasteiger partial charge in [-0.05, 0) is 24.3 Å². The maximum atomic E-state index is 12.9. The summed E-state index contributed by atoms with van der Waals surface area (Å²) in [6.45, 7) is -1.35. The van der Waals surface area contributed by atoms with E-state index in [2.05, 4.69) is 15.4 Å². The summed E-state index contributed by atoms with van der Waals surface area (Å²) in [6.07, 6.45) is -3.13. The van der Waals surface area contributed by atoms with Crippen LogP contribution in [0.5, 0.6) is 0 Å². The predicted molar refractivity (Wildman–Crippen MR) is 81.7 cm³/mol. The molecule has 1 N–H and O–H groups in total. The fraction of sp³-hybridized carbons (Fsp3) is 0.200. The van der Waals surface area contributed by atoms with Gasteiger partial charge in [0.15, 0.2) is 0 Å². The van der Waals surface area contributed by atoms with Crippen LogP contribution in [0.15, 0.2) is 30.5 Å². The van der Waals surface area contributed by atoms with Gasteiger partial charge in [0, 0.05) is 13.2 Å². The van der Waals surface area contributed by atoms with Gasteiger partial charge in [-0.3, -0.25) is 14.8 Å². The van der Waals surface area contributed by atoms with Crippen LogP contribution in [0.4, 0.5) is 19.1 Å². The second kappa shape index (κ2) is 5.94. The molecule has 10 heteroatoms. The van der Waals surface area contributed by atoms with E-state index in [1.165, 1.54) is 42.2 Å². The number of hydrogen-bond donors (Lipinski definition) is 1. The SMILES string of the molecule is Cn1nccc1C(=O)Nc1nc2ccc(C#N)cc2n1CC(F)(F)F. The molecule has 2 heterocycles. The number of aryl methyl sites for hydroxylation is 1. The number of halogens is 3. The summed E-state index contributed by atoms with van der Waals surface area (Å²) < 4.78 is 40.9. The first-order valence-electron chi connectivity index (χ1n) is 7.05. The van der Waals surface area contributed by atoms with Crippen molar-refractivity contribution in [1.29, 1.82) is 5.26 Å². The molecular weight excluding hydrogens is 337 g/mol. The highest BCUT2D eigenvalue weighted by atomic mass is 19.4. The molecule has 0 fully saturated rings. The molecule has 1 aromatic carbocycles. The average Bonchev–Trinajstić information content (AvgIpc) is 3.10. The topological polar surface area (TPSA) is 88.5 Å². The molecule has 3 aromatic rings. The highest BCUT2D eigenvalue weighted by molar-refractivity contribution is 6.02. The molecule has 25 heavy (non-hydrogen) atoms. The number of hydrogen-bond acceptors (Lipinski definition) is 4. The smallest absolute Gasteiger partial charge is 0.301 e. The van der Waals surface area contributed by atoms with E-state index < -0.39 is 18.6 Å². The Balaban J connectivity index is 2.07. The summed E-state index contributed by atoms with van der Waals surface area (Å²) in [4.78, 5) is 16.3. The molecule has 0 aliphatic carbocycles. The van der Waals surface area contributed by atoms with E-state index >= 15 is 0 Å². The average molecular weight is 348 g/mol. The number of alkyl halides is 3. The van der Waals surface area contributed by atoms with Gasteiger partial charge >= 0.3 is 6.18 Å². The summed E-state index contributed by atoms with van der Waals surface area (Å²) in [7, 11) is 1.53. The van der Waals surface area contributed by atoms with Gasteiger partial charge in [-0.15, -0.1) is 0 Å². The van der Waals surface area contributed by atoms with E-state index in [0.717, 1.165) is 4.57 Å². The van der Waals surface area contributed by atoms with E-state index in [0.29, 0.717) is 0 Å². The number of carbonyl (C=O) groups excluding carboxylic acids is 1. The van der Waals surface area contributed by atoms with Crippen LogP contribution in [-0.4, -0.2) is 31.4 Å². The molecule has 7 nitrogen and oxygen atoms in total. The van der Waals surface area contributed by atoms with Crippen molar-refractivity contribution >= 4 is 22.9 Å². The zero-order valence-electron chi connectivity index (χ0n) is 12.9. The summed E-state index contributed by atoms with van der Waals surface area (Å²) in [6, 6.07) is 7.47. The summed E-state index contributed by atoms with van der Waals surface area (Å²) in [5, 5.41) is 15.2. The molecule has 3 rings (SSSR count). The Bertz CT molecular complexity index is 995. The van der Waals surface area contributed by atoms with Crippen molar-refractivity contribution in [1.82, 2.24) is 19.3 Å². The molecule has 0 atom stereocenters. The molecule has 128 valence electrons. The zero-order chi connectivity index (χ0) is 18.2. The maximum absolute atomic E-state index is 12.9. The number of benzene rings is 1. The molecule has 0 aliphatic rings. The predicted octanol–water partition coefficient (Wildman–Crippen LogP) is 2.46. The molecule has 0 bridgehead atoms. The fourth-order valence-electron chi connectivity index (χ4n) is 2.39. The van der Waals surface area contributed by atoms with Gasteiger partial charge in [0.1, 0.15) is 12.2 Å². The molecule has 0 spiro atoms. The van der Waals surface area contributed by atoms with Crippen LogP contribution in [0.1, 0.15) is 16.1 Å². The number of aromatic nitrogens is 4. The monoisotopic (exact) mass is 348 g/mol. The number of imidazole rings is 1. The van der Waals surface area contributed by atoms with E-state index in [1.807, 2.05) is 6.07 Å². The Morgan fingerprint density at radius 2 is 2.12 bits per heavy atom. The van der Waals surface area contributed by atoms with Gasteiger partial charge in [-0.2, -0.15) is 23.5 Å². The third-order valence-electron chi connectivity index (χ3n) is 3.49. The lowest BCUT2D eigenvalue weighted by Gasteiger charge is -2.12. The Morgan fingerprint density at radius 1 is 1.36 bits per heavy atom. The fourth-order valence-corrected chi connectivity index (χ4v) is 2.39. The molecule has 0 saturated heterocycles. The minimum Gasteiger partial charge on any atom is -0.301 e. The van der Waals surface area contributed by atoms with E-state index in [1.54, 1.807) is 0 Å². The highest BCUT2D eigenvalue weighted by Gasteiger charge is 2.31. The number of nitrogens with one attached hydrogen (secondary N) is 1. The molecular formula is C15H11F3N6O. The van der Waals surface area contributed by atoms with Crippen molar-refractivity contribution in [3.8, 4) is 6.07 Å². The molecule has 0 radical (unpaired) electrons. The summed E-state index contributed by atoms with van der Waals surface area (Å²) >= 11 is 0. The van der Waals surface area contributed by atoms with Crippen molar-refractivity contribution < 1.29 is 18.0 Å². The van der Waals surface area contributed by atoms with Gasteiger partial charge in [0.2, 0.25) is 5.95 Å². The minimum absolute atomic E-state index is 0.108. The number of nitrogens with zero attached hydrogens (tertiary/aromatic N) is 5. The first kappa shape index (κ1) is 16.5. The van der Waals surface area contributed by atoms with Crippen molar-refractivity contribution in [3.05, 3.63) is 41.7 Å². The Morgan fingerprint density at radius 3 is 2.72 bits per heavy atom. The second-order valence-corrected chi connectivity index (χ2v) is 5.25. The van der Waals surface area contributed by atoms with E-state index in [-0.39, 0.29) is 28.2 Å².